The molecule has 9 heteroatoms. The van der Waals surface area contributed by atoms with Crippen molar-refractivity contribution in [2.24, 2.45) is 11.8 Å². The van der Waals surface area contributed by atoms with Crippen molar-refractivity contribution in [1.29, 1.82) is 0 Å². The van der Waals surface area contributed by atoms with Crippen molar-refractivity contribution < 1.29 is 14.1 Å². The molecule has 3 aromatic rings. The van der Waals surface area contributed by atoms with Gasteiger partial charge in [-0.25, -0.2) is 0 Å². The molecule has 2 aromatic carbocycles. The summed E-state index contributed by atoms with van der Waals surface area (Å²) in [5.41, 5.74) is 1.60. The molecular formula is C25H24Cl2N4O3. The minimum atomic E-state index is -0.319. The Balaban J connectivity index is 1.14. The van der Waals surface area contributed by atoms with Gasteiger partial charge in [-0.1, -0.05) is 34.4 Å². The third-order valence-corrected chi connectivity index (χ3v) is 7.04. The number of likely N-dealkylation sites (tertiary alicyclic amines) is 1. The van der Waals surface area contributed by atoms with Gasteiger partial charge in [0.2, 0.25) is 23.5 Å². The van der Waals surface area contributed by atoms with Gasteiger partial charge in [0.15, 0.2) is 0 Å². The number of halogens is 2. The maximum atomic E-state index is 13.1. The quantitative estimate of drug-likeness (QED) is 0.500. The number of rotatable bonds is 5. The van der Waals surface area contributed by atoms with Crippen LogP contribution in [0.15, 0.2) is 53.1 Å². The number of carbonyl (C=O) groups excluding carboxylic acids is 2. The highest BCUT2D eigenvalue weighted by molar-refractivity contribution is 6.31. The first-order valence-electron chi connectivity index (χ1n) is 11.4. The first-order chi connectivity index (χ1) is 16.5. The van der Waals surface area contributed by atoms with E-state index in [-0.39, 0.29) is 24.2 Å². The van der Waals surface area contributed by atoms with E-state index in [9.17, 15) is 9.59 Å². The van der Waals surface area contributed by atoms with Crippen LogP contribution >= 0.6 is 23.2 Å². The molecule has 2 fully saturated rings. The van der Waals surface area contributed by atoms with Crippen LogP contribution in [0.25, 0.3) is 11.4 Å². The Hall–Kier alpha value is -2.90. The second-order valence-electron chi connectivity index (χ2n) is 8.88. The number of hydrogen-bond acceptors (Lipinski definition) is 5. The first-order valence-corrected chi connectivity index (χ1v) is 12.1. The predicted octanol–water partition coefficient (Wildman–Crippen LogP) is 4.88. The Morgan fingerprint density at radius 1 is 1.06 bits per heavy atom. The molecule has 2 aliphatic heterocycles. The summed E-state index contributed by atoms with van der Waals surface area (Å²) in [6, 6.07) is 14.5. The summed E-state index contributed by atoms with van der Waals surface area (Å²) in [5, 5.41) is 5.32. The zero-order chi connectivity index (χ0) is 23.7. The van der Waals surface area contributed by atoms with Gasteiger partial charge < -0.3 is 14.3 Å². The fraction of sp³-hybridized carbons (Fsp3) is 0.360. The molecular weight excluding hydrogens is 475 g/mol. The maximum absolute atomic E-state index is 13.1. The number of nitrogens with zero attached hydrogens (tertiary/aromatic N) is 4. The van der Waals surface area contributed by atoms with Crippen molar-refractivity contribution in [3.8, 4) is 11.4 Å². The highest BCUT2D eigenvalue weighted by atomic mass is 35.5. The normalized spacial score (nSPS) is 19.1. The minimum absolute atomic E-state index is 0.0385. The molecule has 3 heterocycles. The summed E-state index contributed by atoms with van der Waals surface area (Å²) in [4.78, 5) is 33.7. The van der Waals surface area contributed by atoms with E-state index in [1.165, 1.54) is 0 Å². The molecule has 1 atom stereocenters. The maximum Gasteiger partial charge on any atom is 0.228 e. The molecule has 34 heavy (non-hydrogen) atoms. The largest absolute Gasteiger partial charge is 0.342 e. The minimum Gasteiger partial charge on any atom is -0.342 e. The van der Waals surface area contributed by atoms with E-state index in [2.05, 4.69) is 10.1 Å². The lowest BCUT2D eigenvalue weighted by atomic mass is 9.92. The number of benzene rings is 2. The SMILES string of the molecule is O=C([C@H]1CC(=O)N(c2cccc(Cl)c2)C1)N1CCC(Cc2nc(-c3ccc(Cl)cc3)no2)CC1. The first kappa shape index (κ1) is 22.9. The summed E-state index contributed by atoms with van der Waals surface area (Å²) < 4.78 is 5.45. The lowest BCUT2D eigenvalue weighted by molar-refractivity contribution is -0.137. The molecule has 2 amide bonds. The lowest BCUT2D eigenvalue weighted by Gasteiger charge is -2.33. The number of hydrogen-bond donors (Lipinski definition) is 0. The standard InChI is InChI=1S/C25H24Cl2N4O3/c26-19-6-4-17(5-7-19)24-28-22(34-29-24)12-16-8-10-30(11-9-16)25(33)18-13-23(32)31(15-18)21-3-1-2-20(27)14-21/h1-7,14,16,18H,8-13,15H2/t18-/m0/s1. The Morgan fingerprint density at radius 2 is 1.82 bits per heavy atom. The predicted molar refractivity (Wildman–Crippen MR) is 130 cm³/mol. The van der Waals surface area contributed by atoms with Crippen molar-refractivity contribution in [3.63, 3.8) is 0 Å². The fourth-order valence-corrected chi connectivity index (χ4v) is 4.99. The monoisotopic (exact) mass is 498 g/mol. The van der Waals surface area contributed by atoms with Crippen LogP contribution in [0.4, 0.5) is 5.69 Å². The van der Waals surface area contributed by atoms with Gasteiger partial charge in [-0.3, -0.25) is 9.59 Å². The number of piperidine rings is 1. The second kappa shape index (κ2) is 9.76. The third-order valence-electron chi connectivity index (χ3n) is 6.55. The summed E-state index contributed by atoms with van der Waals surface area (Å²) in [7, 11) is 0. The summed E-state index contributed by atoms with van der Waals surface area (Å²) in [6.45, 7) is 1.74. The van der Waals surface area contributed by atoms with E-state index in [1.54, 1.807) is 29.2 Å². The highest BCUT2D eigenvalue weighted by Crippen LogP contribution is 2.30. The molecule has 0 spiro atoms. The third kappa shape index (κ3) is 4.95. The van der Waals surface area contributed by atoms with Crippen molar-refractivity contribution >= 4 is 40.7 Å². The van der Waals surface area contributed by atoms with Crippen LogP contribution in [0.1, 0.15) is 25.2 Å². The molecule has 2 saturated heterocycles. The van der Waals surface area contributed by atoms with Crippen molar-refractivity contribution in [1.82, 2.24) is 15.0 Å². The van der Waals surface area contributed by atoms with Crippen molar-refractivity contribution in [2.75, 3.05) is 24.5 Å². The van der Waals surface area contributed by atoms with Gasteiger partial charge in [0.1, 0.15) is 0 Å². The van der Waals surface area contributed by atoms with Crippen molar-refractivity contribution in [2.45, 2.75) is 25.7 Å². The molecule has 5 rings (SSSR count). The molecule has 0 radical (unpaired) electrons. The lowest BCUT2D eigenvalue weighted by Crippen LogP contribution is -2.42. The Bertz CT molecular complexity index is 1190. The fourth-order valence-electron chi connectivity index (χ4n) is 4.68. The zero-order valence-corrected chi connectivity index (χ0v) is 20.0. The van der Waals surface area contributed by atoms with Gasteiger partial charge >= 0.3 is 0 Å². The van der Waals surface area contributed by atoms with Gasteiger partial charge in [0, 0.05) is 53.8 Å². The Labute approximate surface area is 207 Å². The Kier molecular flexibility index (Phi) is 6.57. The van der Waals surface area contributed by atoms with Gasteiger partial charge in [0.25, 0.3) is 0 Å². The van der Waals surface area contributed by atoms with E-state index in [1.807, 2.05) is 29.2 Å². The number of amides is 2. The molecule has 1 aromatic heterocycles. The van der Waals surface area contributed by atoms with Crippen molar-refractivity contribution in [3.05, 3.63) is 64.5 Å². The zero-order valence-electron chi connectivity index (χ0n) is 18.5. The molecule has 0 bridgehead atoms. The van der Waals surface area contributed by atoms with Crippen LogP contribution in [-0.2, 0) is 16.0 Å². The Morgan fingerprint density at radius 3 is 2.56 bits per heavy atom. The highest BCUT2D eigenvalue weighted by Gasteiger charge is 2.38. The topological polar surface area (TPSA) is 79.5 Å². The summed E-state index contributed by atoms with van der Waals surface area (Å²) in [5.74, 6) is 1.22. The van der Waals surface area contributed by atoms with Crippen LogP contribution in [0.5, 0.6) is 0 Å². The van der Waals surface area contributed by atoms with Gasteiger partial charge in [0.05, 0.1) is 5.92 Å². The molecule has 0 N–H and O–H groups in total. The number of aromatic nitrogens is 2. The second-order valence-corrected chi connectivity index (χ2v) is 9.75. The van der Waals surface area contributed by atoms with E-state index >= 15 is 0 Å². The van der Waals surface area contributed by atoms with Crippen LogP contribution in [-0.4, -0.2) is 46.5 Å². The molecule has 0 aliphatic carbocycles. The van der Waals surface area contributed by atoms with E-state index < -0.39 is 0 Å². The average molecular weight is 499 g/mol. The van der Waals surface area contributed by atoms with Crippen LogP contribution in [0, 0.1) is 11.8 Å². The molecule has 0 saturated carbocycles. The smallest absolute Gasteiger partial charge is 0.228 e. The molecule has 0 unspecified atom stereocenters. The van der Waals surface area contributed by atoms with E-state index in [0.29, 0.717) is 53.7 Å². The molecule has 2 aliphatic rings. The van der Waals surface area contributed by atoms with Crippen LogP contribution in [0.3, 0.4) is 0 Å². The van der Waals surface area contributed by atoms with Gasteiger partial charge in [-0.05, 0) is 61.2 Å². The summed E-state index contributed by atoms with van der Waals surface area (Å²) >= 11 is 12.0. The van der Waals surface area contributed by atoms with Crippen LogP contribution in [0.2, 0.25) is 10.0 Å². The molecule has 7 nitrogen and oxygen atoms in total. The summed E-state index contributed by atoms with van der Waals surface area (Å²) in [6.07, 6.45) is 2.65. The van der Waals surface area contributed by atoms with Crippen LogP contribution < -0.4 is 4.90 Å². The average Bonchev–Trinajstić information content (AvgIpc) is 3.46. The molecule has 176 valence electrons. The van der Waals surface area contributed by atoms with E-state index in [0.717, 1.165) is 24.1 Å². The number of anilines is 1. The number of carbonyl (C=O) groups is 2. The van der Waals surface area contributed by atoms with E-state index in [4.69, 9.17) is 27.7 Å². The van der Waals surface area contributed by atoms with Gasteiger partial charge in [-0.2, -0.15) is 4.98 Å². The van der Waals surface area contributed by atoms with Gasteiger partial charge in [-0.15, -0.1) is 0 Å².